The number of aryl methyl sites for hydroxylation is 1. The zero-order valence-electron chi connectivity index (χ0n) is 9.48. The van der Waals surface area contributed by atoms with E-state index in [1.165, 1.54) is 18.4 Å². The van der Waals surface area contributed by atoms with Gasteiger partial charge in [-0.1, -0.05) is 6.07 Å². The minimum Gasteiger partial charge on any atom is -0.316 e. The summed E-state index contributed by atoms with van der Waals surface area (Å²) in [6.07, 6.45) is 4.53. The SMILES string of the molecule is Cc1nnc2c(C3CCCNC3)cccn12. The fourth-order valence-electron chi connectivity index (χ4n) is 2.49. The first-order valence-electron chi connectivity index (χ1n) is 5.87. The first-order chi connectivity index (χ1) is 7.86. The predicted octanol–water partition coefficient (Wildman–Crippen LogP) is 1.50. The van der Waals surface area contributed by atoms with Crippen molar-refractivity contribution in [2.75, 3.05) is 13.1 Å². The Bertz CT molecular complexity index is 497. The number of aromatic nitrogens is 3. The van der Waals surface area contributed by atoms with E-state index >= 15 is 0 Å². The van der Waals surface area contributed by atoms with Gasteiger partial charge >= 0.3 is 0 Å². The predicted molar refractivity (Wildman–Crippen MR) is 62.6 cm³/mol. The number of piperidine rings is 1. The van der Waals surface area contributed by atoms with E-state index in [4.69, 9.17) is 0 Å². The normalized spacial score (nSPS) is 21.4. The molecular weight excluding hydrogens is 200 g/mol. The average Bonchev–Trinajstić information content (AvgIpc) is 2.73. The van der Waals surface area contributed by atoms with Gasteiger partial charge in [0.2, 0.25) is 0 Å². The van der Waals surface area contributed by atoms with Gasteiger partial charge in [0, 0.05) is 24.2 Å². The lowest BCUT2D eigenvalue weighted by molar-refractivity contribution is 0.462. The molecule has 2 aromatic heterocycles. The van der Waals surface area contributed by atoms with E-state index in [9.17, 15) is 0 Å². The molecule has 4 heteroatoms. The van der Waals surface area contributed by atoms with Crippen molar-refractivity contribution in [2.24, 2.45) is 0 Å². The summed E-state index contributed by atoms with van der Waals surface area (Å²) in [4.78, 5) is 0. The monoisotopic (exact) mass is 216 g/mol. The van der Waals surface area contributed by atoms with Gasteiger partial charge in [0.25, 0.3) is 0 Å². The lowest BCUT2D eigenvalue weighted by Gasteiger charge is -2.23. The van der Waals surface area contributed by atoms with E-state index in [1.54, 1.807) is 0 Å². The van der Waals surface area contributed by atoms with Gasteiger partial charge in [0.1, 0.15) is 5.82 Å². The molecule has 0 saturated carbocycles. The van der Waals surface area contributed by atoms with Crippen molar-refractivity contribution in [2.45, 2.75) is 25.7 Å². The Morgan fingerprint density at radius 1 is 1.44 bits per heavy atom. The van der Waals surface area contributed by atoms with Crippen molar-refractivity contribution >= 4 is 5.65 Å². The standard InChI is InChI=1S/C12H16N4/c1-9-14-15-12-11(5-3-7-16(9)12)10-4-2-6-13-8-10/h3,5,7,10,13H,2,4,6,8H2,1H3. The summed E-state index contributed by atoms with van der Waals surface area (Å²) in [6, 6.07) is 4.27. The summed E-state index contributed by atoms with van der Waals surface area (Å²) in [5, 5.41) is 11.9. The highest BCUT2D eigenvalue weighted by atomic mass is 15.2. The van der Waals surface area contributed by atoms with E-state index in [0.29, 0.717) is 5.92 Å². The Balaban J connectivity index is 2.08. The molecule has 0 aliphatic carbocycles. The fraction of sp³-hybridized carbons (Fsp3) is 0.500. The lowest BCUT2D eigenvalue weighted by atomic mass is 9.92. The Kier molecular flexibility index (Phi) is 2.36. The molecule has 0 amide bonds. The molecule has 0 aromatic carbocycles. The Morgan fingerprint density at radius 3 is 3.19 bits per heavy atom. The smallest absolute Gasteiger partial charge is 0.164 e. The fourth-order valence-corrected chi connectivity index (χ4v) is 2.49. The molecule has 3 rings (SSSR count). The van der Waals surface area contributed by atoms with Crippen molar-refractivity contribution in [3.63, 3.8) is 0 Å². The van der Waals surface area contributed by atoms with Crippen molar-refractivity contribution in [3.05, 3.63) is 29.7 Å². The van der Waals surface area contributed by atoms with Crippen LogP contribution in [0.3, 0.4) is 0 Å². The van der Waals surface area contributed by atoms with Crippen LogP contribution in [0, 0.1) is 6.92 Å². The second kappa shape index (κ2) is 3.87. The third kappa shape index (κ3) is 1.50. The molecule has 1 atom stereocenters. The summed E-state index contributed by atoms with van der Waals surface area (Å²) in [6.45, 7) is 4.19. The topological polar surface area (TPSA) is 42.2 Å². The first-order valence-corrected chi connectivity index (χ1v) is 5.87. The Labute approximate surface area is 94.7 Å². The molecule has 1 N–H and O–H groups in total. The van der Waals surface area contributed by atoms with E-state index in [-0.39, 0.29) is 0 Å². The molecule has 84 valence electrons. The number of fused-ring (bicyclic) bond motifs is 1. The summed E-state index contributed by atoms with van der Waals surface area (Å²) < 4.78 is 2.07. The summed E-state index contributed by atoms with van der Waals surface area (Å²) in [7, 11) is 0. The first kappa shape index (κ1) is 9.78. The van der Waals surface area contributed by atoms with Crippen molar-refractivity contribution in [3.8, 4) is 0 Å². The molecule has 1 aliphatic rings. The molecule has 1 fully saturated rings. The number of hydrogen-bond donors (Lipinski definition) is 1. The molecule has 0 radical (unpaired) electrons. The van der Waals surface area contributed by atoms with Crippen LogP contribution >= 0.6 is 0 Å². The largest absolute Gasteiger partial charge is 0.316 e. The van der Waals surface area contributed by atoms with Crippen LogP contribution in [0.15, 0.2) is 18.3 Å². The molecule has 16 heavy (non-hydrogen) atoms. The highest BCUT2D eigenvalue weighted by Crippen LogP contribution is 2.26. The zero-order valence-corrected chi connectivity index (χ0v) is 9.48. The molecule has 1 aliphatic heterocycles. The van der Waals surface area contributed by atoms with Gasteiger partial charge in [0.05, 0.1) is 0 Å². The molecular formula is C12H16N4. The molecule has 2 aromatic rings. The van der Waals surface area contributed by atoms with Crippen LogP contribution in [0.5, 0.6) is 0 Å². The van der Waals surface area contributed by atoms with Crippen molar-refractivity contribution in [1.29, 1.82) is 0 Å². The maximum atomic E-state index is 4.28. The van der Waals surface area contributed by atoms with Gasteiger partial charge in [-0.05, 0) is 32.4 Å². The highest BCUT2D eigenvalue weighted by Gasteiger charge is 2.18. The summed E-state index contributed by atoms with van der Waals surface area (Å²) in [5.74, 6) is 1.54. The van der Waals surface area contributed by atoms with Crippen LogP contribution in [0.25, 0.3) is 5.65 Å². The van der Waals surface area contributed by atoms with Crippen LogP contribution in [0.4, 0.5) is 0 Å². The number of hydrogen-bond acceptors (Lipinski definition) is 3. The molecule has 4 nitrogen and oxygen atoms in total. The van der Waals surface area contributed by atoms with Gasteiger partial charge in [-0.25, -0.2) is 0 Å². The summed E-state index contributed by atoms with van der Waals surface area (Å²) in [5.41, 5.74) is 2.35. The third-order valence-corrected chi connectivity index (χ3v) is 3.37. The maximum absolute atomic E-state index is 4.28. The molecule has 3 heterocycles. The van der Waals surface area contributed by atoms with Gasteiger partial charge < -0.3 is 5.32 Å². The third-order valence-electron chi connectivity index (χ3n) is 3.37. The average molecular weight is 216 g/mol. The molecule has 1 unspecified atom stereocenters. The van der Waals surface area contributed by atoms with E-state index in [1.807, 2.05) is 13.1 Å². The van der Waals surface area contributed by atoms with E-state index in [0.717, 1.165) is 24.6 Å². The van der Waals surface area contributed by atoms with Gasteiger partial charge in [-0.15, -0.1) is 10.2 Å². The Morgan fingerprint density at radius 2 is 2.38 bits per heavy atom. The van der Waals surface area contributed by atoms with Crippen LogP contribution < -0.4 is 5.32 Å². The minimum absolute atomic E-state index is 0.584. The maximum Gasteiger partial charge on any atom is 0.164 e. The highest BCUT2D eigenvalue weighted by molar-refractivity contribution is 5.49. The number of rotatable bonds is 1. The van der Waals surface area contributed by atoms with Crippen LogP contribution in [0.2, 0.25) is 0 Å². The van der Waals surface area contributed by atoms with Crippen LogP contribution in [-0.4, -0.2) is 27.7 Å². The van der Waals surface area contributed by atoms with Crippen molar-refractivity contribution in [1.82, 2.24) is 19.9 Å². The van der Waals surface area contributed by atoms with Gasteiger partial charge in [0.15, 0.2) is 5.65 Å². The number of pyridine rings is 1. The summed E-state index contributed by atoms with van der Waals surface area (Å²) >= 11 is 0. The van der Waals surface area contributed by atoms with E-state index in [2.05, 4.69) is 32.0 Å². The van der Waals surface area contributed by atoms with Crippen molar-refractivity contribution < 1.29 is 0 Å². The van der Waals surface area contributed by atoms with Crippen LogP contribution in [0.1, 0.15) is 30.1 Å². The van der Waals surface area contributed by atoms with Crippen LogP contribution in [-0.2, 0) is 0 Å². The zero-order chi connectivity index (χ0) is 11.0. The molecule has 1 saturated heterocycles. The second-order valence-electron chi connectivity index (χ2n) is 4.45. The molecule has 0 spiro atoms. The lowest BCUT2D eigenvalue weighted by Crippen LogP contribution is -2.28. The number of nitrogens with one attached hydrogen (secondary N) is 1. The number of nitrogens with zero attached hydrogens (tertiary/aromatic N) is 3. The van der Waals surface area contributed by atoms with E-state index < -0.39 is 0 Å². The molecule has 0 bridgehead atoms. The van der Waals surface area contributed by atoms with Gasteiger partial charge in [-0.2, -0.15) is 0 Å². The Hall–Kier alpha value is -1.42. The second-order valence-corrected chi connectivity index (χ2v) is 4.45. The quantitative estimate of drug-likeness (QED) is 0.785. The van der Waals surface area contributed by atoms with Gasteiger partial charge in [-0.3, -0.25) is 4.40 Å². The minimum atomic E-state index is 0.584.